The number of hydrogen-bond acceptors (Lipinski definition) is 5. The minimum atomic E-state index is -0.0993. The van der Waals surface area contributed by atoms with Crippen LogP contribution in [-0.2, 0) is 11.8 Å². The van der Waals surface area contributed by atoms with Gasteiger partial charge in [-0.25, -0.2) is 9.97 Å². The number of nitrogens with one attached hydrogen (secondary N) is 2. The molecule has 2 heterocycles. The van der Waals surface area contributed by atoms with Crippen molar-refractivity contribution in [3.63, 3.8) is 0 Å². The van der Waals surface area contributed by atoms with Gasteiger partial charge in [-0.2, -0.15) is 0 Å². The monoisotopic (exact) mass is 559 g/mol. The van der Waals surface area contributed by atoms with Gasteiger partial charge in [0.05, 0.1) is 5.69 Å². The molecule has 0 saturated carbocycles. The predicted octanol–water partition coefficient (Wildman–Crippen LogP) is 7.28. The molecule has 1 amide bonds. The van der Waals surface area contributed by atoms with Crippen molar-refractivity contribution in [1.82, 2.24) is 14.9 Å². The van der Waals surface area contributed by atoms with Crippen LogP contribution in [0.3, 0.4) is 0 Å². The van der Waals surface area contributed by atoms with Crippen molar-refractivity contribution in [3.05, 3.63) is 107 Å². The van der Waals surface area contributed by atoms with E-state index in [1.54, 1.807) is 0 Å². The third-order valence-corrected chi connectivity index (χ3v) is 8.60. The van der Waals surface area contributed by atoms with Crippen molar-refractivity contribution in [2.24, 2.45) is 0 Å². The van der Waals surface area contributed by atoms with Gasteiger partial charge in [-0.1, -0.05) is 69.3 Å². The van der Waals surface area contributed by atoms with Gasteiger partial charge in [0.25, 0.3) is 5.91 Å². The highest BCUT2D eigenvalue weighted by Gasteiger charge is 2.27. The first-order valence-corrected chi connectivity index (χ1v) is 15.3. The number of rotatable bonds is 8. The first kappa shape index (κ1) is 28.1. The Morgan fingerprint density at radius 2 is 1.69 bits per heavy atom. The van der Waals surface area contributed by atoms with Gasteiger partial charge in [-0.05, 0) is 97.3 Å². The van der Waals surface area contributed by atoms with Crippen molar-refractivity contribution < 1.29 is 4.79 Å². The molecule has 2 N–H and O–H groups in total. The van der Waals surface area contributed by atoms with Gasteiger partial charge in [-0.15, -0.1) is 0 Å². The maximum absolute atomic E-state index is 12.9. The largest absolute Gasteiger partial charge is 0.354 e. The van der Waals surface area contributed by atoms with Gasteiger partial charge in [0.2, 0.25) is 5.95 Å². The standard InChI is InChI=1S/C36H41N5O/c1-36(2,3)28-15-11-26(12-16-28)34(42)39-29-17-13-25(14-18-29)32-23-27-24-38-35(37-19-8-22-41-20-6-7-21-41)40-33(27)31-10-5-4-9-30(31)32/h4-5,9-18,24,32H,6-8,19-23H2,1-3H3,(H,39,42)(H,37,38,40). The average molecular weight is 560 g/mol. The molecule has 0 spiro atoms. The summed E-state index contributed by atoms with van der Waals surface area (Å²) >= 11 is 0. The van der Waals surface area contributed by atoms with Gasteiger partial charge in [0, 0.05) is 35.5 Å². The van der Waals surface area contributed by atoms with E-state index in [4.69, 9.17) is 4.98 Å². The molecule has 3 aromatic carbocycles. The number of carbonyl (C=O) groups excluding carboxylic acids is 1. The number of fused-ring (bicyclic) bond motifs is 3. The Kier molecular flexibility index (Phi) is 8.07. The predicted molar refractivity (Wildman–Crippen MR) is 171 cm³/mol. The van der Waals surface area contributed by atoms with Crippen LogP contribution in [0.15, 0.2) is 79.0 Å². The Morgan fingerprint density at radius 1 is 0.952 bits per heavy atom. The van der Waals surface area contributed by atoms with Crippen LogP contribution in [-0.4, -0.2) is 47.0 Å². The number of benzene rings is 3. The van der Waals surface area contributed by atoms with Gasteiger partial charge < -0.3 is 15.5 Å². The van der Waals surface area contributed by atoms with Crippen LogP contribution in [0, 0.1) is 0 Å². The fraction of sp³-hybridized carbons (Fsp3) is 0.361. The Morgan fingerprint density at radius 3 is 2.43 bits per heavy atom. The highest BCUT2D eigenvalue weighted by molar-refractivity contribution is 6.04. The minimum Gasteiger partial charge on any atom is -0.354 e. The Labute approximate surface area is 249 Å². The summed E-state index contributed by atoms with van der Waals surface area (Å²) in [4.78, 5) is 25.1. The third kappa shape index (κ3) is 6.24. The summed E-state index contributed by atoms with van der Waals surface area (Å²) in [5, 5.41) is 6.51. The number of carbonyl (C=O) groups is 1. The van der Waals surface area contributed by atoms with Crippen molar-refractivity contribution in [2.45, 2.75) is 57.8 Å². The Balaban J connectivity index is 1.13. The second kappa shape index (κ2) is 12.1. The van der Waals surface area contributed by atoms with E-state index in [-0.39, 0.29) is 17.2 Å². The molecule has 0 bridgehead atoms. The number of hydrogen-bond donors (Lipinski definition) is 2. The molecule has 1 aliphatic heterocycles. The summed E-state index contributed by atoms with van der Waals surface area (Å²) in [7, 11) is 0. The molecule has 1 aliphatic carbocycles. The van der Waals surface area contributed by atoms with E-state index in [0.717, 1.165) is 42.9 Å². The SMILES string of the molecule is CC(C)(C)c1ccc(C(=O)Nc2ccc(C3Cc4cnc(NCCCN5CCCC5)nc4-c4ccccc43)cc2)cc1. The van der Waals surface area contributed by atoms with E-state index in [1.165, 1.54) is 48.2 Å². The number of anilines is 2. The normalized spacial score (nSPS) is 16.5. The Bertz CT molecular complexity index is 1530. The Hall–Kier alpha value is -4.03. The lowest BCUT2D eigenvalue weighted by atomic mass is 9.78. The molecule has 6 heteroatoms. The summed E-state index contributed by atoms with van der Waals surface area (Å²) in [6.07, 6.45) is 6.59. The summed E-state index contributed by atoms with van der Waals surface area (Å²) in [5.41, 5.74) is 8.57. The zero-order valence-electron chi connectivity index (χ0n) is 25.0. The van der Waals surface area contributed by atoms with Crippen LogP contribution in [0.2, 0.25) is 0 Å². The molecule has 2 aliphatic rings. The first-order chi connectivity index (χ1) is 20.3. The van der Waals surface area contributed by atoms with Crippen molar-refractivity contribution in [1.29, 1.82) is 0 Å². The molecule has 1 saturated heterocycles. The zero-order valence-corrected chi connectivity index (χ0v) is 25.0. The maximum atomic E-state index is 12.9. The summed E-state index contributed by atoms with van der Waals surface area (Å²) < 4.78 is 0. The molecular formula is C36H41N5O. The number of likely N-dealkylation sites (tertiary alicyclic amines) is 1. The smallest absolute Gasteiger partial charge is 0.255 e. The zero-order chi connectivity index (χ0) is 29.1. The lowest BCUT2D eigenvalue weighted by Crippen LogP contribution is -2.22. The molecule has 1 unspecified atom stereocenters. The van der Waals surface area contributed by atoms with E-state index in [9.17, 15) is 4.79 Å². The van der Waals surface area contributed by atoms with Gasteiger partial charge in [0.15, 0.2) is 0 Å². The second-order valence-corrected chi connectivity index (χ2v) is 12.6. The van der Waals surface area contributed by atoms with Gasteiger partial charge >= 0.3 is 0 Å². The van der Waals surface area contributed by atoms with E-state index < -0.39 is 0 Å². The molecule has 4 aromatic rings. The van der Waals surface area contributed by atoms with Crippen LogP contribution >= 0.6 is 0 Å². The molecule has 216 valence electrons. The van der Waals surface area contributed by atoms with E-state index in [2.05, 4.69) is 77.7 Å². The van der Waals surface area contributed by atoms with Crippen LogP contribution in [0.5, 0.6) is 0 Å². The molecule has 6 nitrogen and oxygen atoms in total. The third-order valence-electron chi connectivity index (χ3n) is 8.60. The highest BCUT2D eigenvalue weighted by Crippen LogP contribution is 2.42. The van der Waals surface area contributed by atoms with Crippen LogP contribution < -0.4 is 10.6 Å². The average Bonchev–Trinajstić information content (AvgIpc) is 3.53. The summed E-state index contributed by atoms with van der Waals surface area (Å²) in [6, 6.07) is 24.7. The fourth-order valence-corrected chi connectivity index (χ4v) is 6.15. The lowest BCUT2D eigenvalue weighted by molar-refractivity contribution is 0.102. The molecule has 6 rings (SSSR count). The van der Waals surface area contributed by atoms with E-state index >= 15 is 0 Å². The molecule has 1 atom stereocenters. The number of aromatic nitrogens is 2. The van der Waals surface area contributed by atoms with Gasteiger partial charge in [-0.3, -0.25) is 4.79 Å². The summed E-state index contributed by atoms with van der Waals surface area (Å²) in [6.45, 7) is 11.0. The lowest BCUT2D eigenvalue weighted by Gasteiger charge is -2.27. The van der Waals surface area contributed by atoms with Crippen molar-refractivity contribution >= 4 is 17.5 Å². The highest BCUT2D eigenvalue weighted by atomic mass is 16.1. The number of amides is 1. The van der Waals surface area contributed by atoms with Crippen LogP contribution in [0.25, 0.3) is 11.3 Å². The first-order valence-electron chi connectivity index (χ1n) is 15.3. The second-order valence-electron chi connectivity index (χ2n) is 12.6. The maximum Gasteiger partial charge on any atom is 0.255 e. The quantitative estimate of drug-likeness (QED) is 0.222. The van der Waals surface area contributed by atoms with Crippen LogP contribution in [0.1, 0.15) is 78.6 Å². The summed E-state index contributed by atoms with van der Waals surface area (Å²) in [5.74, 6) is 0.806. The minimum absolute atomic E-state index is 0.0567. The van der Waals surface area contributed by atoms with Gasteiger partial charge in [0.1, 0.15) is 0 Å². The molecule has 1 fully saturated rings. The molecule has 0 radical (unpaired) electrons. The number of nitrogens with zero attached hydrogens (tertiary/aromatic N) is 3. The topological polar surface area (TPSA) is 70.2 Å². The van der Waals surface area contributed by atoms with Crippen molar-refractivity contribution in [3.8, 4) is 11.3 Å². The van der Waals surface area contributed by atoms with Crippen molar-refractivity contribution in [2.75, 3.05) is 36.8 Å². The van der Waals surface area contributed by atoms with E-state index in [1.807, 2.05) is 42.6 Å². The molecular weight excluding hydrogens is 518 g/mol. The molecule has 1 aromatic heterocycles. The fourth-order valence-electron chi connectivity index (χ4n) is 6.15. The molecule has 42 heavy (non-hydrogen) atoms. The van der Waals surface area contributed by atoms with Crippen LogP contribution in [0.4, 0.5) is 11.6 Å². The van der Waals surface area contributed by atoms with E-state index in [0.29, 0.717) is 11.5 Å².